The Bertz CT molecular complexity index is 958. The van der Waals surface area contributed by atoms with Crippen LogP contribution in [0.5, 0.6) is 0 Å². The van der Waals surface area contributed by atoms with Crippen LogP contribution in [0.4, 0.5) is 11.4 Å². The number of rotatable bonds is 7. The molecule has 2 heterocycles. The van der Waals surface area contributed by atoms with Gasteiger partial charge in [-0.15, -0.1) is 0 Å². The van der Waals surface area contributed by atoms with Gasteiger partial charge in [0.1, 0.15) is 5.76 Å². The summed E-state index contributed by atoms with van der Waals surface area (Å²) in [5.41, 5.74) is 1.32. The van der Waals surface area contributed by atoms with Crippen molar-refractivity contribution < 1.29 is 17.6 Å². The quantitative estimate of drug-likeness (QED) is 0.737. The number of carbonyl (C=O) groups excluding carboxylic acids is 1. The topological polar surface area (TPSA) is 82.9 Å². The summed E-state index contributed by atoms with van der Waals surface area (Å²) in [5.74, 6) is 0.446. The summed E-state index contributed by atoms with van der Waals surface area (Å²) in [6, 6.07) is 8.32. The van der Waals surface area contributed by atoms with E-state index in [-0.39, 0.29) is 10.7 Å². The van der Waals surface area contributed by atoms with Crippen LogP contribution in [0, 0.1) is 6.92 Å². The summed E-state index contributed by atoms with van der Waals surface area (Å²) in [6.07, 6.45) is 3.33. The molecule has 1 aliphatic rings. The zero-order valence-corrected chi connectivity index (χ0v) is 18.1. The molecule has 1 aromatic heterocycles. The van der Waals surface area contributed by atoms with Crippen molar-refractivity contribution in [2.24, 2.45) is 0 Å². The molecular weight excluding hydrogens is 390 g/mol. The average Bonchev–Trinajstić information content (AvgIpc) is 3.16. The lowest BCUT2D eigenvalue weighted by Crippen LogP contribution is -2.32. The van der Waals surface area contributed by atoms with Crippen LogP contribution in [0.1, 0.15) is 49.4 Å². The Kier molecular flexibility index (Phi) is 6.64. The first-order valence-corrected chi connectivity index (χ1v) is 11.6. The summed E-state index contributed by atoms with van der Waals surface area (Å²) in [4.78, 5) is 15.1. The predicted molar refractivity (Wildman–Crippen MR) is 114 cm³/mol. The van der Waals surface area contributed by atoms with Crippen molar-refractivity contribution in [2.75, 3.05) is 36.4 Å². The molecule has 0 aliphatic carbocycles. The summed E-state index contributed by atoms with van der Waals surface area (Å²) >= 11 is 0. The lowest BCUT2D eigenvalue weighted by molar-refractivity contribution is 0.0995. The first-order valence-electron chi connectivity index (χ1n) is 10.1. The van der Waals surface area contributed by atoms with Crippen LogP contribution in [0.3, 0.4) is 0 Å². The largest absolute Gasteiger partial charge is 0.456 e. The van der Waals surface area contributed by atoms with E-state index in [1.807, 2.05) is 13.8 Å². The Balaban J connectivity index is 2.00. The molecule has 3 rings (SSSR count). The van der Waals surface area contributed by atoms with E-state index in [2.05, 4.69) is 10.2 Å². The zero-order valence-electron chi connectivity index (χ0n) is 17.3. The van der Waals surface area contributed by atoms with Crippen LogP contribution in [-0.4, -0.2) is 44.8 Å². The molecule has 158 valence electrons. The fourth-order valence-electron chi connectivity index (χ4n) is 3.64. The van der Waals surface area contributed by atoms with Gasteiger partial charge in [-0.3, -0.25) is 4.79 Å². The number of anilines is 2. The average molecular weight is 420 g/mol. The predicted octanol–water partition coefficient (Wildman–Crippen LogP) is 3.86. The highest BCUT2D eigenvalue weighted by Gasteiger charge is 2.25. The third kappa shape index (κ3) is 4.64. The van der Waals surface area contributed by atoms with E-state index in [4.69, 9.17) is 4.42 Å². The normalized spacial score (nSPS) is 15.0. The van der Waals surface area contributed by atoms with Crippen LogP contribution in [0.25, 0.3) is 0 Å². The lowest BCUT2D eigenvalue weighted by atomic mass is 10.1. The molecule has 29 heavy (non-hydrogen) atoms. The SMILES string of the molecule is CCN(CC)S(=O)(=O)c1ccc(N2CCCCC2)c(NC(=O)c2ccc(C)o2)c1. The van der Waals surface area contributed by atoms with Crippen LogP contribution in [-0.2, 0) is 10.0 Å². The third-order valence-corrected chi connectivity index (χ3v) is 7.27. The molecule has 8 heteroatoms. The maximum atomic E-state index is 13.0. The van der Waals surface area contributed by atoms with Crippen molar-refractivity contribution >= 4 is 27.3 Å². The molecule has 1 fully saturated rings. The van der Waals surface area contributed by atoms with E-state index < -0.39 is 15.9 Å². The molecule has 1 saturated heterocycles. The van der Waals surface area contributed by atoms with Crippen molar-refractivity contribution in [3.63, 3.8) is 0 Å². The molecule has 0 saturated carbocycles. The minimum Gasteiger partial charge on any atom is -0.456 e. The van der Waals surface area contributed by atoms with E-state index in [1.165, 1.54) is 10.7 Å². The molecule has 2 aromatic rings. The molecule has 1 aromatic carbocycles. The first kappa shape index (κ1) is 21.4. The smallest absolute Gasteiger partial charge is 0.291 e. The number of piperidine rings is 1. The second-order valence-corrected chi connectivity index (χ2v) is 9.12. The highest BCUT2D eigenvalue weighted by Crippen LogP contribution is 2.32. The Morgan fingerprint density at radius 2 is 1.79 bits per heavy atom. The van der Waals surface area contributed by atoms with Crippen LogP contribution < -0.4 is 10.2 Å². The summed E-state index contributed by atoms with van der Waals surface area (Å²) in [6.45, 7) is 7.93. The highest BCUT2D eigenvalue weighted by molar-refractivity contribution is 7.89. The van der Waals surface area contributed by atoms with Crippen LogP contribution in [0.2, 0.25) is 0 Å². The summed E-state index contributed by atoms with van der Waals surface area (Å²) in [7, 11) is -3.63. The van der Waals surface area contributed by atoms with Gasteiger partial charge in [-0.2, -0.15) is 4.31 Å². The molecule has 1 amide bonds. The number of benzene rings is 1. The van der Waals surface area contributed by atoms with Gasteiger partial charge in [-0.1, -0.05) is 13.8 Å². The van der Waals surface area contributed by atoms with Gasteiger partial charge in [0.25, 0.3) is 5.91 Å². The minimum absolute atomic E-state index is 0.174. The number of hydrogen-bond acceptors (Lipinski definition) is 5. The van der Waals surface area contributed by atoms with Crippen molar-refractivity contribution in [1.82, 2.24) is 4.31 Å². The maximum absolute atomic E-state index is 13.0. The lowest BCUT2D eigenvalue weighted by Gasteiger charge is -2.31. The third-order valence-electron chi connectivity index (χ3n) is 5.22. The Hall–Kier alpha value is -2.32. The van der Waals surface area contributed by atoms with E-state index in [9.17, 15) is 13.2 Å². The van der Waals surface area contributed by atoms with Gasteiger partial charge >= 0.3 is 0 Å². The standard InChI is InChI=1S/C21H29N3O4S/c1-4-24(5-2)29(26,27)17-10-11-19(23-13-7-6-8-14-23)18(15-17)22-21(25)20-12-9-16(3)28-20/h9-12,15H,4-8,13-14H2,1-3H3,(H,22,25). The van der Waals surface area contributed by atoms with Crippen molar-refractivity contribution in [3.05, 3.63) is 41.9 Å². The van der Waals surface area contributed by atoms with Gasteiger partial charge in [0.15, 0.2) is 5.76 Å². The highest BCUT2D eigenvalue weighted by atomic mass is 32.2. The molecular formula is C21H29N3O4S. The molecule has 0 radical (unpaired) electrons. The van der Waals surface area contributed by atoms with Crippen LogP contribution in [0.15, 0.2) is 39.6 Å². The van der Waals surface area contributed by atoms with Crippen molar-refractivity contribution in [1.29, 1.82) is 0 Å². The number of nitrogens with one attached hydrogen (secondary N) is 1. The molecule has 0 spiro atoms. The Labute approximate surface area is 172 Å². The van der Waals surface area contributed by atoms with Gasteiger partial charge in [0.05, 0.1) is 16.3 Å². The number of amides is 1. The maximum Gasteiger partial charge on any atom is 0.291 e. The Morgan fingerprint density at radius 1 is 1.10 bits per heavy atom. The Morgan fingerprint density at radius 3 is 2.38 bits per heavy atom. The number of furan rings is 1. The zero-order chi connectivity index (χ0) is 21.0. The minimum atomic E-state index is -3.63. The van der Waals surface area contributed by atoms with Crippen molar-refractivity contribution in [2.45, 2.75) is 44.9 Å². The first-order chi connectivity index (χ1) is 13.9. The monoisotopic (exact) mass is 419 g/mol. The molecule has 1 N–H and O–H groups in total. The number of sulfonamides is 1. The molecule has 0 atom stereocenters. The molecule has 0 bridgehead atoms. The van der Waals surface area contributed by atoms with Gasteiger partial charge in [0.2, 0.25) is 10.0 Å². The van der Waals surface area contributed by atoms with Gasteiger partial charge < -0.3 is 14.6 Å². The second-order valence-electron chi connectivity index (χ2n) is 7.18. The molecule has 1 aliphatic heterocycles. The number of hydrogen-bond donors (Lipinski definition) is 1. The van der Waals surface area contributed by atoms with Crippen LogP contribution >= 0.6 is 0 Å². The van der Waals surface area contributed by atoms with Gasteiger partial charge in [0, 0.05) is 26.2 Å². The fraction of sp³-hybridized carbons (Fsp3) is 0.476. The fourth-order valence-corrected chi connectivity index (χ4v) is 5.12. The van der Waals surface area contributed by atoms with Gasteiger partial charge in [-0.05, 0) is 56.5 Å². The summed E-state index contributed by atoms with van der Waals surface area (Å²) in [5, 5.41) is 2.87. The van der Waals surface area contributed by atoms with E-state index in [1.54, 1.807) is 37.3 Å². The van der Waals surface area contributed by atoms with E-state index in [0.29, 0.717) is 24.5 Å². The number of aryl methyl sites for hydroxylation is 1. The molecule has 0 unspecified atom stereocenters. The number of nitrogens with zero attached hydrogens (tertiary/aromatic N) is 2. The van der Waals surface area contributed by atoms with Gasteiger partial charge in [-0.25, -0.2) is 8.42 Å². The number of carbonyl (C=O) groups is 1. The van der Waals surface area contributed by atoms with E-state index >= 15 is 0 Å². The summed E-state index contributed by atoms with van der Waals surface area (Å²) < 4.78 is 32.8. The molecule has 7 nitrogen and oxygen atoms in total. The van der Waals surface area contributed by atoms with Crippen molar-refractivity contribution in [3.8, 4) is 0 Å². The second kappa shape index (κ2) is 9.00. The van der Waals surface area contributed by atoms with E-state index in [0.717, 1.165) is 31.6 Å².